The molecular weight excluding hydrogens is 380 g/mol. The van der Waals surface area contributed by atoms with Crippen LogP contribution in [0, 0.1) is 5.92 Å². The Bertz CT molecular complexity index is 941. The van der Waals surface area contributed by atoms with E-state index in [1.165, 1.54) is 0 Å². The van der Waals surface area contributed by atoms with Gasteiger partial charge in [-0.3, -0.25) is 4.79 Å². The fourth-order valence-corrected chi connectivity index (χ4v) is 5.10. The highest BCUT2D eigenvalue weighted by Crippen LogP contribution is 2.26. The van der Waals surface area contributed by atoms with E-state index in [9.17, 15) is 13.2 Å². The van der Waals surface area contributed by atoms with E-state index in [0.29, 0.717) is 37.7 Å². The predicted octanol–water partition coefficient (Wildman–Crippen LogP) is 2.39. The lowest BCUT2D eigenvalue weighted by Gasteiger charge is -2.29. The standard InChI is InChI=1S/C19H24N4O4S/c1-14-8-12-23(13-9-14)28(25,26)16-6-4-15(5-7-16)17-20-21-18(27-17)19(24)22-10-2-3-11-22/h4-7,14H,2-3,8-13H2,1H3. The van der Waals surface area contributed by atoms with E-state index in [-0.39, 0.29) is 22.6 Å². The van der Waals surface area contributed by atoms with Gasteiger partial charge in [0.25, 0.3) is 0 Å². The van der Waals surface area contributed by atoms with E-state index < -0.39 is 10.0 Å². The summed E-state index contributed by atoms with van der Waals surface area (Å²) in [7, 11) is -3.50. The average Bonchev–Trinajstić information content (AvgIpc) is 3.40. The molecule has 0 bridgehead atoms. The van der Waals surface area contributed by atoms with Gasteiger partial charge in [-0.2, -0.15) is 4.31 Å². The van der Waals surface area contributed by atoms with Crippen molar-refractivity contribution in [1.29, 1.82) is 0 Å². The minimum absolute atomic E-state index is 0.0314. The van der Waals surface area contributed by atoms with Gasteiger partial charge in [0.1, 0.15) is 0 Å². The molecular formula is C19H24N4O4S. The van der Waals surface area contributed by atoms with Crippen molar-refractivity contribution >= 4 is 15.9 Å². The van der Waals surface area contributed by atoms with Crippen molar-refractivity contribution < 1.29 is 17.6 Å². The Balaban J connectivity index is 1.50. The van der Waals surface area contributed by atoms with Crippen LogP contribution in [0.2, 0.25) is 0 Å². The molecule has 1 aromatic heterocycles. The summed E-state index contributed by atoms with van der Waals surface area (Å²) >= 11 is 0. The molecule has 0 radical (unpaired) electrons. The van der Waals surface area contributed by atoms with Crippen molar-refractivity contribution in [1.82, 2.24) is 19.4 Å². The van der Waals surface area contributed by atoms with Gasteiger partial charge in [-0.05, 0) is 55.9 Å². The van der Waals surface area contributed by atoms with E-state index in [0.717, 1.165) is 25.7 Å². The molecule has 2 aliphatic rings. The Morgan fingerprint density at radius 2 is 1.68 bits per heavy atom. The van der Waals surface area contributed by atoms with Crippen LogP contribution >= 0.6 is 0 Å². The summed E-state index contributed by atoms with van der Waals surface area (Å²) in [5, 5.41) is 7.80. The highest BCUT2D eigenvalue weighted by molar-refractivity contribution is 7.89. The van der Waals surface area contributed by atoms with E-state index in [1.807, 2.05) is 0 Å². The van der Waals surface area contributed by atoms with Crippen molar-refractivity contribution in [3.8, 4) is 11.5 Å². The number of carbonyl (C=O) groups is 1. The molecule has 2 aliphatic heterocycles. The number of hydrogen-bond donors (Lipinski definition) is 0. The number of sulfonamides is 1. The molecule has 8 nitrogen and oxygen atoms in total. The van der Waals surface area contributed by atoms with Crippen LogP contribution in [0.4, 0.5) is 0 Å². The van der Waals surface area contributed by atoms with Crippen molar-refractivity contribution in [2.24, 2.45) is 5.92 Å². The number of rotatable bonds is 4. The number of benzene rings is 1. The Kier molecular flexibility index (Phi) is 5.20. The van der Waals surface area contributed by atoms with Gasteiger partial charge in [-0.15, -0.1) is 10.2 Å². The van der Waals surface area contributed by atoms with E-state index in [2.05, 4.69) is 17.1 Å². The molecule has 0 N–H and O–H groups in total. The number of aromatic nitrogens is 2. The molecule has 0 unspecified atom stereocenters. The maximum absolute atomic E-state index is 12.8. The predicted molar refractivity (Wildman–Crippen MR) is 102 cm³/mol. The zero-order chi connectivity index (χ0) is 19.7. The van der Waals surface area contributed by atoms with Crippen LogP contribution in [-0.4, -0.2) is 59.9 Å². The summed E-state index contributed by atoms with van der Waals surface area (Å²) in [6.07, 6.45) is 3.73. The second-order valence-electron chi connectivity index (χ2n) is 7.52. The minimum atomic E-state index is -3.50. The molecule has 4 rings (SSSR count). The summed E-state index contributed by atoms with van der Waals surface area (Å²) < 4.78 is 32.7. The fourth-order valence-electron chi connectivity index (χ4n) is 3.63. The second kappa shape index (κ2) is 7.63. The quantitative estimate of drug-likeness (QED) is 0.776. The average molecular weight is 404 g/mol. The molecule has 2 saturated heterocycles. The zero-order valence-electron chi connectivity index (χ0n) is 15.9. The first-order chi connectivity index (χ1) is 13.4. The Morgan fingerprint density at radius 1 is 1.04 bits per heavy atom. The molecule has 28 heavy (non-hydrogen) atoms. The normalized spacial score (nSPS) is 19.2. The van der Waals surface area contributed by atoms with Crippen LogP contribution < -0.4 is 0 Å². The lowest BCUT2D eigenvalue weighted by molar-refractivity contribution is 0.0754. The topological polar surface area (TPSA) is 96.6 Å². The Hall–Kier alpha value is -2.26. The first kappa shape index (κ1) is 19.1. The smallest absolute Gasteiger partial charge is 0.311 e. The van der Waals surface area contributed by atoms with E-state index in [1.54, 1.807) is 33.5 Å². The van der Waals surface area contributed by atoms with E-state index in [4.69, 9.17) is 4.42 Å². The summed E-state index contributed by atoms with van der Waals surface area (Å²) in [4.78, 5) is 14.3. The van der Waals surface area contributed by atoms with Crippen LogP contribution in [0.15, 0.2) is 33.6 Å². The maximum atomic E-state index is 12.8. The monoisotopic (exact) mass is 404 g/mol. The van der Waals surface area contributed by atoms with Gasteiger partial charge >= 0.3 is 11.8 Å². The van der Waals surface area contributed by atoms with Crippen LogP contribution in [0.5, 0.6) is 0 Å². The molecule has 0 spiro atoms. The number of carbonyl (C=O) groups excluding carboxylic acids is 1. The number of amides is 1. The van der Waals surface area contributed by atoms with Gasteiger partial charge < -0.3 is 9.32 Å². The van der Waals surface area contributed by atoms with Crippen LogP contribution in [0.25, 0.3) is 11.5 Å². The molecule has 2 fully saturated rings. The molecule has 1 aromatic carbocycles. The third-order valence-corrected chi connectivity index (χ3v) is 7.40. The van der Waals surface area contributed by atoms with Crippen LogP contribution in [0.3, 0.4) is 0 Å². The van der Waals surface area contributed by atoms with Gasteiger partial charge in [0.15, 0.2) is 0 Å². The summed E-state index contributed by atoms with van der Waals surface area (Å²) in [5.74, 6) is 0.480. The highest BCUT2D eigenvalue weighted by Gasteiger charge is 2.28. The highest BCUT2D eigenvalue weighted by atomic mass is 32.2. The van der Waals surface area contributed by atoms with Crippen molar-refractivity contribution in [3.63, 3.8) is 0 Å². The number of piperidine rings is 1. The second-order valence-corrected chi connectivity index (χ2v) is 9.46. The third kappa shape index (κ3) is 3.68. The molecule has 1 amide bonds. The molecule has 0 atom stereocenters. The first-order valence-corrected chi connectivity index (χ1v) is 11.1. The number of likely N-dealkylation sites (tertiary alicyclic amines) is 1. The largest absolute Gasteiger partial charge is 0.412 e. The minimum Gasteiger partial charge on any atom is -0.412 e. The third-order valence-electron chi connectivity index (χ3n) is 5.48. The van der Waals surface area contributed by atoms with Crippen LogP contribution in [0.1, 0.15) is 43.3 Å². The molecule has 2 aromatic rings. The molecule has 3 heterocycles. The summed E-state index contributed by atoms with van der Waals surface area (Å²) in [6, 6.07) is 6.37. The number of nitrogens with zero attached hydrogens (tertiary/aromatic N) is 4. The van der Waals surface area contributed by atoms with Gasteiger partial charge in [-0.25, -0.2) is 8.42 Å². The summed E-state index contributed by atoms with van der Waals surface area (Å²) in [5.41, 5.74) is 0.583. The fraction of sp³-hybridized carbons (Fsp3) is 0.526. The molecule has 0 saturated carbocycles. The lowest BCUT2D eigenvalue weighted by Crippen LogP contribution is -2.37. The molecule has 0 aliphatic carbocycles. The Morgan fingerprint density at radius 3 is 2.32 bits per heavy atom. The van der Waals surface area contributed by atoms with Crippen LogP contribution in [-0.2, 0) is 10.0 Å². The lowest BCUT2D eigenvalue weighted by atomic mass is 10.0. The van der Waals surface area contributed by atoms with Gasteiger partial charge in [-0.1, -0.05) is 6.92 Å². The summed E-state index contributed by atoms with van der Waals surface area (Å²) in [6.45, 7) is 4.66. The number of hydrogen-bond acceptors (Lipinski definition) is 6. The molecule has 150 valence electrons. The van der Waals surface area contributed by atoms with Gasteiger partial charge in [0, 0.05) is 31.7 Å². The Labute approximate surface area is 164 Å². The maximum Gasteiger partial charge on any atom is 0.311 e. The van der Waals surface area contributed by atoms with E-state index >= 15 is 0 Å². The van der Waals surface area contributed by atoms with Gasteiger partial charge in [0.05, 0.1) is 4.90 Å². The zero-order valence-corrected chi connectivity index (χ0v) is 16.7. The van der Waals surface area contributed by atoms with Crippen molar-refractivity contribution in [2.45, 2.75) is 37.5 Å². The van der Waals surface area contributed by atoms with Crippen molar-refractivity contribution in [3.05, 3.63) is 30.2 Å². The van der Waals surface area contributed by atoms with Crippen molar-refractivity contribution in [2.75, 3.05) is 26.2 Å². The SMILES string of the molecule is CC1CCN(S(=O)(=O)c2ccc(-c3nnc(C(=O)N4CCCC4)o3)cc2)CC1. The molecule has 9 heteroatoms. The first-order valence-electron chi connectivity index (χ1n) is 9.68. The van der Waals surface area contributed by atoms with Gasteiger partial charge in [0.2, 0.25) is 15.9 Å².